The van der Waals surface area contributed by atoms with Crippen molar-refractivity contribution in [3.63, 3.8) is 0 Å². The zero-order chi connectivity index (χ0) is 15.1. The van der Waals surface area contributed by atoms with E-state index in [9.17, 15) is 14.4 Å². The lowest BCUT2D eigenvalue weighted by Gasteiger charge is -2.34. The molecule has 1 heterocycles. The van der Waals surface area contributed by atoms with Crippen molar-refractivity contribution in [3.8, 4) is 0 Å². The zero-order valence-electron chi connectivity index (χ0n) is 12.7. The van der Waals surface area contributed by atoms with Crippen LogP contribution in [0.3, 0.4) is 0 Å². The Bertz CT molecular complexity index is 363. The van der Waals surface area contributed by atoms with Crippen LogP contribution in [0.4, 0.5) is 0 Å². The summed E-state index contributed by atoms with van der Waals surface area (Å²) in [6.45, 7) is 8.66. The monoisotopic (exact) mass is 283 g/mol. The van der Waals surface area contributed by atoms with Gasteiger partial charge in [0.15, 0.2) is 0 Å². The van der Waals surface area contributed by atoms with Crippen molar-refractivity contribution < 1.29 is 14.4 Å². The van der Waals surface area contributed by atoms with Crippen molar-refractivity contribution in [2.75, 3.05) is 39.3 Å². The van der Waals surface area contributed by atoms with E-state index >= 15 is 0 Å². The van der Waals surface area contributed by atoms with Gasteiger partial charge in [0.1, 0.15) is 0 Å². The molecule has 1 fully saturated rings. The smallest absolute Gasteiger partial charge is 0.224 e. The van der Waals surface area contributed by atoms with Gasteiger partial charge in [-0.2, -0.15) is 0 Å². The summed E-state index contributed by atoms with van der Waals surface area (Å²) in [6, 6.07) is 0. The number of nitrogens with zero attached hydrogens (tertiary/aromatic N) is 3. The van der Waals surface area contributed by atoms with Gasteiger partial charge in [0.2, 0.25) is 17.7 Å². The maximum Gasteiger partial charge on any atom is 0.224 e. The normalized spacial score (nSPS) is 15.2. The zero-order valence-corrected chi connectivity index (χ0v) is 12.7. The number of carbonyl (C=O) groups is 3. The molecule has 0 N–H and O–H groups in total. The molecule has 0 atom stereocenters. The fraction of sp³-hybridized carbons (Fsp3) is 0.786. The second-order valence-corrected chi connectivity index (χ2v) is 5.14. The van der Waals surface area contributed by atoms with Gasteiger partial charge in [-0.05, 0) is 6.42 Å². The van der Waals surface area contributed by atoms with Crippen molar-refractivity contribution in [3.05, 3.63) is 0 Å². The minimum absolute atomic E-state index is 0.0149. The summed E-state index contributed by atoms with van der Waals surface area (Å²) >= 11 is 0. The van der Waals surface area contributed by atoms with Crippen LogP contribution in [0.1, 0.15) is 33.6 Å². The summed E-state index contributed by atoms with van der Waals surface area (Å²) in [5, 5.41) is 0. The predicted molar refractivity (Wildman–Crippen MR) is 76.0 cm³/mol. The van der Waals surface area contributed by atoms with Gasteiger partial charge in [-0.3, -0.25) is 14.4 Å². The number of carbonyl (C=O) groups excluding carboxylic acids is 3. The number of amides is 3. The average Bonchev–Trinajstić information content (AvgIpc) is 2.42. The van der Waals surface area contributed by atoms with Crippen molar-refractivity contribution >= 4 is 17.7 Å². The lowest BCUT2D eigenvalue weighted by Crippen LogP contribution is -2.50. The molecule has 0 aromatic carbocycles. The van der Waals surface area contributed by atoms with Crippen molar-refractivity contribution in [1.82, 2.24) is 14.7 Å². The largest absolute Gasteiger partial charge is 0.342 e. The third-order valence-electron chi connectivity index (χ3n) is 3.61. The van der Waals surface area contributed by atoms with Crippen LogP contribution >= 0.6 is 0 Å². The van der Waals surface area contributed by atoms with Crippen LogP contribution in [0.15, 0.2) is 0 Å². The number of piperazine rings is 1. The first-order valence-electron chi connectivity index (χ1n) is 7.24. The van der Waals surface area contributed by atoms with E-state index in [2.05, 4.69) is 0 Å². The molecule has 1 aliphatic rings. The molecule has 1 aliphatic heterocycles. The van der Waals surface area contributed by atoms with Gasteiger partial charge in [0, 0.05) is 59.5 Å². The van der Waals surface area contributed by atoms with Crippen LogP contribution in [0.5, 0.6) is 0 Å². The highest BCUT2D eigenvalue weighted by molar-refractivity contribution is 5.79. The van der Waals surface area contributed by atoms with Crippen molar-refractivity contribution in [2.24, 2.45) is 0 Å². The molecular weight excluding hydrogens is 258 g/mol. The quantitative estimate of drug-likeness (QED) is 0.730. The van der Waals surface area contributed by atoms with Gasteiger partial charge in [-0.15, -0.1) is 0 Å². The third kappa shape index (κ3) is 4.83. The van der Waals surface area contributed by atoms with E-state index in [4.69, 9.17) is 0 Å². The summed E-state index contributed by atoms with van der Waals surface area (Å²) in [5.41, 5.74) is 0. The second-order valence-electron chi connectivity index (χ2n) is 5.14. The molecule has 0 aliphatic carbocycles. The average molecular weight is 283 g/mol. The van der Waals surface area contributed by atoms with Crippen LogP contribution in [-0.2, 0) is 14.4 Å². The van der Waals surface area contributed by atoms with Gasteiger partial charge in [0.05, 0.1) is 0 Å². The van der Waals surface area contributed by atoms with E-state index < -0.39 is 0 Å². The van der Waals surface area contributed by atoms with Crippen molar-refractivity contribution in [2.45, 2.75) is 33.6 Å². The van der Waals surface area contributed by atoms with Gasteiger partial charge in [-0.25, -0.2) is 0 Å². The van der Waals surface area contributed by atoms with Crippen LogP contribution in [-0.4, -0.2) is 71.7 Å². The minimum atomic E-state index is 0.0149. The SMILES string of the molecule is CCCN(CCC(=O)N1CCN(C(C)=O)CC1)C(C)=O. The highest BCUT2D eigenvalue weighted by atomic mass is 16.2. The Balaban J connectivity index is 2.36. The van der Waals surface area contributed by atoms with E-state index in [1.165, 1.54) is 6.92 Å². The molecule has 0 radical (unpaired) electrons. The molecule has 1 rings (SSSR count). The molecule has 0 bridgehead atoms. The first-order valence-corrected chi connectivity index (χ1v) is 7.24. The summed E-state index contributed by atoms with van der Waals surface area (Å²) in [5.74, 6) is 0.138. The Morgan fingerprint density at radius 3 is 1.95 bits per heavy atom. The number of hydrogen-bond acceptors (Lipinski definition) is 3. The Morgan fingerprint density at radius 2 is 1.50 bits per heavy atom. The summed E-state index contributed by atoms with van der Waals surface area (Å²) in [7, 11) is 0. The van der Waals surface area contributed by atoms with Crippen molar-refractivity contribution in [1.29, 1.82) is 0 Å². The fourth-order valence-electron chi connectivity index (χ4n) is 2.36. The maximum atomic E-state index is 12.1. The van der Waals surface area contributed by atoms with Gasteiger partial charge in [-0.1, -0.05) is 6.92 Å². The Hall–Kier alpha value is -1.59. The Labute approximate surface area is 120 Å². The van der Waals surface area contributed by atoms with Crippen LogP contribution in [0.25, 0.3) is 0 Å². The lowest BCUT2D eigenvalue weighted by molar-refractivity contribution is -0.139. The van der Waals surface area contributed by atoms with E-state index in [1.807, 2.05) is 6.92 Å². The molecule has 114 valence electrons. The fourth-order valence-corrected chi connectivity index (χ4v) is 2.36. The number of rotatable bonds is 5. The topological polar surface area (TPSA) is 60.9 Å². The molecule has 20 heavy (non-hydrogen) atoms. The first-order chi connectivity index (χ1) is 9.45. The third-order valence-corrected chi connectivity index (χ3v) is 3.61. The molecule has 0 unspecified atom stereocenters. The van der Waals surface area contributed by atoms with E-state index in [-0.39, 0.29) is 17.7 Å². The first kappa shape index (κ1) is 16.5. The van der Waals surface area contributed by atoms with Gasteiger partial charge in [0.25, 0.3) is 0 Å². The van der Waals surface area contributed by atoms with Crippen LogP contribution in [0, 0.1) is 0 Å². The summed E-state index contributed by atoms with van der Waals surface area (Å²) < 4.78 is 0. The summed E-state index contributed by atoms with van der Waals surface area (Å²) in [6.07, 6.45) is 1.25. The molecule has 0 saturated carbocycles. The molecule has 6 nitrogen and oxygen atoms in total. The van der Waals surface area contributed by atoms with Crippen LogP contribution < -0.4 is 0 Å². The highest BCUT2D eigenvalue weighted by Gasteiger charge is 2.22. The number of hydrogen-bond donors (Lipinski definition) is 0. The lowest BCUT2D eigenvalue weighted by atomic mass is 10.2. The molecule has 1 saturated heterocycles. The van der Waals surface area contributed by atoms with E-state index in [0.29, 0.717) is 45.7 Å². The second kappa shape index (κ2) is 7.87. The van der Waals surface area contributed by atoms with E-state index in [1.54, 1.807) is 21.6 Å². The molecule has 0 spiro atoms. The standard InChI is InChI=1S/C14H25N3O3/c1-4-6-15(12(2)18)7-5-14(20)17-10-8-16(9-11-17)13(3)19/h4-11H2,1-3H3. The van der Waals surface area contributed by atoms with E-state index in [0.717, 1.165) is 6.42 Å². The molecule has 0 aromatic rings. The highest BCUT2D eigenvalue weighted by Crippen LogP contribution is 2.05. The summed E-state index contributed by atoms with van der Waals surface area (Å²) in [4.78, 5) is 39.9. The predicted octanol–water partition coefficient (Wildman–Crippen LogP) is 0.326. The minimum Gasteiger partial charge on any atom is -0.342 e. The van der Waals surface area contributed by atoms with Gasteiger partial charge < -0.3 is 14.7 Å². The molecule has 6 heteroatoms. The van der Waals surface area contributed by atoms with Crippen LogP contribution in [0.2, 0.25) is 0 Å². The molecular formula is C14H25N3O3. The Morgan fingerprint density at radius 1 is 0.950 bits per heavy atom. The Kier molecular flexibility index (Phi) is 6.48. The van der Waals surface area contributed by atoms with Gasteiger partial charge >= 0.3 is 0 Å². The maximum absolute atomic E-state index is 12.1. The molecule has 0 aromatic heterocycles. The molecule has 3 amide bonds.